The molecule has 8 heteroatoms. The molecule has 0 aliphatic heterocycles. The van der Waals surface area contributed by atoms with E-state index < -0.39 is 28.5 Å². The summed E-state index contributed by atoms with van der Waals surface area (Å²) in [6.07, 6.45) is 0. The third-order valence-corrected chi connectivity index (χ3v) is 5.33. The van der Waals surface area contributed by atoms with Crippen LogP contribution in [0.1, 0.15) is 15.9 Å². The number of aryl methyl sites for hydroxylation is 1. The molecule has 0 atom stereocenters. The summed E-state index contributed by atoms with van der Waals surface area (Å²) in [5.41, 5.74) is 1.70. The first kappa shape index (κ1) is 19.6. The largest absolute Gasteiger partial charge is 0.452 e. The van der Waals surface area contributed by atoms with E-state index in [2.05, 4.69) is 5.32 Å². The Morgan fingerprint density at radius 1 is 1.08 bits per heavy atom. The number of nitrogens with one attached hydrogen (secondary N) is 1. The third-order valence-electron chi connectivity index (χ3n) is 3.52. The van der Waals surface area contributed by atoms with Gasteiger partial charge < -0.3 is 10.1 Å². The van der Waals surface area contributed by atoms with Gasteiger partial charge >= 0.3 is 5.97 Å². The number of rotatable bonds is 6. The molecule has 0 saturated carbocycles. The zero-order valence-corrected chi connectivity index (χ0v) is 15.5. The summed E-state index contributed by atoms with van der Waals surface area (Å²) in [6, 6.07) is 12.6. The molecule has 2 aromatic carbocycles. The van der Waals surface area contributed by atoms with Crippen molar-refractivity contribution in [1.29, 1.82) is 0 Å². The van der Waals surface area contributed by atoms with E-state index >= 15 is 0 Å². The zero-order valence-electron chi connectivity index (χ0n) is 14.7. The van der Waals surface area contributed by atoms with Gasteiger partial charge in [-0.3, -0.25) is 4.79 Å². The van der Waals surface area contributed by atoms with E-state index in [0.29, 0.717) is 5.69 Å². The first-order valence-electron chi connectivity index (χ1n) is 7.76. The Bertz CT molecular complexity index is 905. The normalized spacial score (nSPS) is 11.2. The lowest BCUT2D eigenvalue weighted by Crippen LogP contribution is -2.23. The lowest BCUT2D eigenvalue weighted by molar-refractivity contribution is -0.119. The quantitative estimate of drug-likeness (QED) is 0.779. The van der Waals surface area contributed by atoms with Crippen LogP contribution < -0.4 is 5.32 Å². The van der Waals surface area contributed by atoms with Gasteiger partial charge in [-0.15, -0.1) is 0 Å². The highest BCUT2D eigenvalue weighted by molar-refractivity contribution is 7.89. The van der Waals surface area contributed by atoms with Crippen LogP contribution in [-0.2, 0) is 19.6 Å². The summed E-state index contributed by atoms with van der Waals surface area (Å²) in [6.45, 7) is 1.45. The van der Waals surface area contributed by atoms with Crippen LogP contribution in [0, 0.1) is 6.92 Å². The van der Waals surface area contributed by atoms with Gasteiger partial charge in [-0.1, -0.05) is 23.8 Å². The highest BCUT2D eigenvalue weighted by Gasteiger charge is 2.19. The fourth-order valence-electron chi connectivity index (χ4n) is 2.04. The first-order valence-corrected chi connectivity index (χ1v) is 9.20. The van der Waals surface area contributed by atoms with Crippen molar-refractivity contribution in [2.45, 2.75) is 11.8 Å². The third kappa shape index (κ3) is 4.90. The van der Waals surface area contributed by atoms with Crippen LogP contribution >= 0.6 is 0 Å². The van der Waals surface area contributed by atoms with Gasteiger partial charge in [0.25, 0.3) is 5.91 Å². The second-order valence-electron chi connectivity index (χ2n) is 5.81. The number of nitrogens with zero attached hydrogens (tertiary/aromatic N) is 1. The molecular formula is C18H20N2O5S. The van der Waals surface area contributed by atoms with Crippen molar-refractivity contribution in [3.63, 3.8) is 0 Å². The van der Waals surface area contributed by atoms with Gasteiger partial charge in [0.1, 0.15) is 0 Å². The maximum Gasteiger partial charge on any atom is 0.338 e. The summed E-state index contributed by atoms with van der Waals surface area (Å²) in [7, 11) is -0.865. The Hall–Kier alpha value is -2.71. The van der Waals surface area contributed by atoms with E-state index in [0.717, 1.165) is 9.87 Å². The number of hydrogen-bond acceptors (Lipinski definition) is 5. The molecule has 0 spiro atoms. The number of ether oxygens (including phenoxy) is 1. The smallest absolute Gasteiger partial charge is 0.338 e. The number of esters is 1. The topological polar surface area (TPSA) is 92.8 Å². The van der Waals surface area contributed by atoms with Crippen molar-refractivity contribution in [1.82, 2.24) is 4.31 Å². The molecule has 0 saturated heterocycles. The average molecular weight is 376 g/mol. The van der Waals surface area contributed by atoms with E-state index in [1.165, 1.54) is 38.4 Å². The van der Waals surface area contributed by atoms with E-state index in [9.17, 15) is 18.0 Å². The molecule has 0 bridgehead atoms. The number of sulfonamides is 1. The van der Waals surface area contributed by atoms with E-state index in [-0.39, 0.29) is 10.5 Å². The Labute approximate surface area is 152 Å². The molecule has 0 aliphatic carbocycles. The second kappa shape index (κ2) is 8.11. The standard InChI is InChI=1S/C18H20N2O5S/c1-13-7-9-15(10-8-13)19-17(21)12-25-18(22)14-5-4-6-16(11-14)26(23,24)20(2)3/h4-11H,12H2,1-3H3,(H,19,21). The molecule has 138 valence electrons. The van der Waals surface area contributed by atoms with Crippen LogP contribution in [0.2, 0.25) is 0 Å². The molecule has 0 radical (unpaired) electrons. The second-order valence-corrected chi connectivity index (χ2v) is 7.96. The summed E-state index contributed by atoms with van der Waals surface area (Å²) < 4.78 is 30.2. The van der Waals surface area contributed by atoms with Crippen molar-refractivity contribution >= 4 is 27.6 Å². The molecule has 1 N–H and O–H groups in total. The minimum atomic E-state index is -3.66. The number of hydrogen-bond donors (Lipinski definition) is 1. The van der Waals surface area contributed by atoms with Gasteiger partial charge in [-0.2, -0.15) is 0 Å². The van der Waals surface area contributed by atoms with Gasteiger partial charge in [0.05, 0.1) is 10.5 Å². The SMILES string of the molecule is Cc1ccc(NC(=O)COC(=O)c2cccc(S(=O)(=O)N(C)C)c2)cc1. The lowest BCUT2D eigenvalue weighted by atomic mass is 10.2. The molecule has 0 unspecified atom stereocenters. The number of carbonyl (C=O) groups is 2. The summed E-state index contributed by atoms with van der Waals surface area (Å²) >= 11 is 0. The predicted molar refractivity (Wildman–Crippen MR) is 97.4 cm³/mol. The molecule has 26 heavy (non-hydrogen) atoms. The van der Waals surface area contributed by atoms with Crippen molar-refractivity contribution < 1.29 is 22.7 Å². The first-order chi connectivity index (χ1) is 12.2. The highest BCUT2D eigenvalue weighted by atomic mass is 32.2. The van der Waals surface area contributed by atoms with Crippen LogP contribution in [0.5, 0.6) is 0 Å². The van der Waals surface area contributed by atoms with Crippen molar-refractivity contribution in [3.05, 3.63) is 59.7 Å². The number of benzene rings is 2. The molecule has 1 amide bonds. The number of anilines is 1. The Balaban J connectivity index is 1.99. The molecule has 7 nitrogen and oxygen atoms in total. The van der Waals surface area contributed by atoms with Gasteiger partial charge in [-0.25, -0.2) is 17.5 Å². The van der Waals surface area contributed by atoms with Crippen molar-refractivity contribution in [3.8, 4) is 0 Å². The van der Waals surface area contributed by atoms with Crippen molar-refractivity contribution in [2.24, 2.45) is 0 Å². The van der Waals surface area contributed by atoms with E-state index in [4.69, 9.17) is 4.74 Å². The fourth-order valence-corrected chi connectivity index (χ4v) is 2.99. The monoisotopic (exact) mass is 376 g/mol. The number of amides is 1. The summed E-state index contributed by atoms with van der Waals surface area (Å²) in [5, 5.41) is 2.61. The Morgan fingerprint density at radius 2 is 1.73 bits per heavy atom. The molecule has 0 aliphatic rings. The minimum absolute atomic E-state index is 0.0268. The zero-order chi connectivity index (χ0) is 19.3. The molecule has 0 fully saturated rings. The van der Waals surface area contributed by atoms with E-state index in [1.807, 2.05) is 19.1 Å². The molecule has 0 aromatic heterocycles. The van der Waals surface area contributed by atoms with Gasteiger partial charge in [0.2, 0.25) is 10.0 Å². The van der Waals surface area contributed by atoms with Gasteiger partial charge in [-0.05, 0) is 37.3 Å². The highest BCUT2D eigenvalue weighted by Crippen LogP contribution is 2.15. The van der Waals surface area contributed by atoms with Crippen LogP contribution in [0.15, 0.2) is 53.4 Å². The molecular weight excluding hydrogens is 356 g/mol. The summed E-state index contributed by atoms with van der Waals surface area (Å²) in [4.78, 5) is 23.9. The van der Waals surface area contributed by atoms with Crippen LogP contribution in [0.25, 0.3) is 0 Å². The fraction of sp³-hybridized carbons (Fsp3) is 0.222. The predicted octanol–water partition coefficient (Wildman–Crippen LogP) is 2.04. The van der Waals surface area contributed by atoms with E-state index in [1.54, 1.807) is 12.1 Å². The maximum absolute atomic E-state index is 12.1. The van der Waals surface area contributed by atoms with Crippen molar-refractivity contribution in [2.75, 3.05) is 26.0 Å². The molecule has 0 heterocycles. The minimum Gasteiger partial charge on any atom is -0.452 e. The van der Waals surface area contributed by atoms with Gasteiger partial charge in [0.15, 0.2) is 6.61 Å². The molecule has 2 aromatic rings. The Kier molecular flexibility index (Phi) is 6.12. The number of carbonyl (C=O) groups excluding carboxylic acids is 2. The lowest BCUT2D eigenvalue weighted by Gasteiger charge is -2.12. The maximum atomic E-state index is 12.1. The van der Waals surface area contributed by atoms with Gasteiger partial charge in [0, 0.05) is 19.8 Å². The van der Waals surface area contributed by atoms with Crippen LogP contribution in [-0.4, -0.2) is 45.3 Å². The summed E-state index contributed by atoms with van der Waals surface area (Å²) in [5.74, 6) is -1.26. The Morgan fingerprint density at radius 3 is 2.35 bits per heavy atom. The van der Waals surface area contributed by atoms with Crippen LogP contribution in [0.3, 0.4) is 0 Å². The molecule has 2 rings (SSSR count). The average Bonchev–Trinajstić information content (AvgIpc) is 2.61. The van der Waals surface area contributed by atoms with Crippen LogP contribution in [0.4, 0.5) is 5.69 Å².